The van der Waals surface area contributed by atoms with E-state index in [1.165, 1.54) is 29.8 Å². The molecule has 0 spiro atoms. The summed E-state index contributed by atoms with van der Waals surface area (Å²) in [6.45, 7) is 2.75. The highest BCUT2D eigenvalue weighted by Gasteiger charge is 2.43. The quantitative estimate of drug-likeness (QED) is 0.365. The average Bonchev–Trinajstić information content (AvgIpc) is 3.02. The molecule has 2 heterocycles. The summed E-state index contributed by atoms with van der Waals surface area (Å²) in [7, 11) is -3.20. The fourth-order valence-electron chi connectivity index (χ4n) is 3.16. The number of para-hydroxylation sites is 1. The molecule has 3 rings (SSSR count). The van der Waals surface area contributed by atoms with Crippen molar-refractivity contribution in [3.63, 3.8) is 0 Å². The van der Waals surface area contributed by atoms with E-state index >= 15 is 0 Å². The van der Waals surface area contributed by atoms with Gasteiger partial charge in [0.2, 0.25) is 0 Å². The molecule has 1 atom stereocenters. The molecule has 1 aromatic carbocycles. The van der Waals surface area contributed by atoms with Crippen molar-refractivity contribution in [1.29, 1.82) is 0 Å². The van der Waals surface area contributed by atoms with Gasteiger partial charge in [-0.15, -0.1) is 6.58 Å². The van der Waals surface area contributed by atoms with E-state index in [0.29, 0.717) is 15.0 Å². The van der Waals surface area contributed by atoms with Crippen LogP contribution < -0.4 is 4.87 Å². The highest BCUT2D eigenvalue weighted by atomic mass is 32.2. The number of sulfonamides is 1. The van der Waals surface area contributed by atoms with Gasteiger partial charge < -0.3 is 14.6 Å². The van der Waals surface area contributed by atoms with Crippen LogP contribution in [-0.4, -0.2) is 51.6 Å². The maximum Gasteiger partial charge on any atom is 0.407 e. The minimum atomic E-state index is -4.65. The van der Waals surface area contributed by atoms with Crippen molar-refractivity contribution < 1.29 is 28.1 Å². The number of hydrogen-bond donors (Lipinski definition) is 1. The second kappa shape index (κ2) is 8.58. The summed E-state index contributed by atoms with van der Waals surface area (Å²) in [5.41, 5.74) is -0.347. The third-order valence-corrected chi connectivity index (χ3v) is 7.53. The molecule has 0 saturated carbocycles. The minimum absolute atomic E-state index is 0.114. The maximum absolute atomic E-state index is 13.5. The molecule has 1 aliphatic heterocycles. The van der Waals surface area contributed by atoms with E-state index in [9.17, 15) is 33.2 Å². The van der Waals surface area contributed by atoms with Crippen LogP contribution in [0.2, 0.25) is 0 Å². The lowest BCUT2D eigenvalue weighted by atomic mass is 10.1. The first-order chi connectivity index (χ1) is 14.6. The lowest BCUT2D eigenvalue weighted by Crippen LogP contribution is -2.46. The van der Waals surface area contributed by atoms with Crippen molar-refractivity contribution in [3.05, 3.63) is 67.3 Å². The van der Waals surface area contributed by atoms with E-state index in [2.05, 4.69) is 6.58 Å². The number of benzene rings is 1. The highest BCUT2D eigenvalue weighted by Crippen LogP contribution is 2.38. The number of hydrogen-bond acceptors (Lipinski definition) is 8. The van der Waals surface area contributed by atoms with Crippen LogP contribution in [0.25, 0.3) is 0 Å². The summed E-state index contributed by atoms with van der Waals surface area (Å²) in [5, 5.41) is 20.9. The van der Waals surface area contributed by atoms with E-state index in [-0.39, 0.29) is 19.7 Å². The first-order valence-electron chi connectivity index (χ1n) is 8.77. The van der Waals surface area contributed by atoms with Gasteiger partial charge in [-0.3, -0.25) is 19.7 Å². The molecule has 166 valence electrons. The number of nitro benzene ring substituents is 1. The van der Waals surface area contributed by atoms with Crippen molar-refractivity contribution in [2.24, 2.45) is 7.05 Å². The summed E-state index contributed by atoms with van der Waals surface area (Å²) in [4.78, 5) is 40.1. The standard InChI is InChI=1S/C17H18N4O8S2/c1-3-8-29-21(31(27,28)14-7-5-4-6-11(14)20(25)26)13-10-19(16(22)23)9-12-15(13)30-17(24)18(12)2/h3-7,13H,1,8-10H2,2H3,(H,22,23). The third-order valence-electron chi connectivity index (χ3n) is 4.62. The number of carbonyl (C=O) groups is 1. The fraction of sp³-hybridized carbons (Fsp3) is 0.294. The van der Waals surface area contributed by atoms with Crippen LogP contribution >= 0.6 is 11.3 Å². The molecule has 31 heavy (non-hydrogen) atoms. The molecule has 0 saturated heterocycles. The van der Waals surface area contributed by atoms with Crippen molar-refractivity contribution in [2.75, 3.05) is 13.2 Å². The SMILES string of the molecule is C=CCON(C1CN(C(=O)O)Cc2c1sc(=O)n2C)S(=O)(=O)c1ccccc1[N+](=O)[O-]. The Bertz CT molecular complexity index is 1200. The zero-order valence-corrected chi connectivity index (χ0v) is 17.8. The second-order valence-corrected chi connectivity index (χ2v) is 9.23. The molecule has 1 unspecified atom stereocenters. The first-order valence-corrected chi connectivity index (χ1v) is 11.0. The second-order valence-electron chi connectivity index (χ2n) is 6.49. The summed E-state index contributed by atoms with van der Waals surface area (Å²) in [6, 6.07) is 3.50. The van der Waals surface area contributed by atoms with Gasteiger partial charge >= 0.3 is 11.0 Å². The van der Waals surface area contributed by atoms with Crippen LogP contribution in [0.3, 0.4) is 0 Å². The monoisotopic (exact) mass is 470 g/mol. The van der Waals surface area contributed by atoms with Crippen molar-refractivity contribution in [1.82, 2.24) is 13.9 Å². The molecular formula is C17H18N4O8S2. The number of aromatic nitrogens is 1. The molecular weight excluding hydrogens is 452 g/mol. The molecule has 1 aliphatic rings. The van der Waals surface area contributed by atoms with Gasteiger partial charge in [-0.05, 0) is 6.07 Å². The molecule has 12 nitrogen and oxygen atoms in total. The normalized spacial score (nSPS) is 16.2. The predicted octanol–water partition coefficient (Wildman–Crippen LogP) is 1.70. The Morgan fingerprint density at radius 2 is 2.16 bits per heavy atom. The largest absolute Gasteiger partial charge is 0.465 e. The average molecular weight is 470 g/mol. The van der Waals surface area contributed by atoms with E-state index in [0.717, 1.165) is 28.4 Å². The number of rotatable bonds is 7. The Morgan fingerprint density at radius 3 is 2.77 bits per heavy atom. The van der Waals surface area contributed by atoms with Crippen molar-refractivity contribution in [2.45, 2.75) is 17.5 Å². The van der Waals surface area contributed by atoms with Crippen LogP contribution in [0, 0.1) is 10.1 Å². The first kappa shape index (κ1) is 22.6. The number of hydroxylamine groups is 1. The van der Waals surface area contributed by atoms with Gasteiger partial charge in [0.15, 0.2) is 4.90 Å². The zero-order valence-electron chi connectivity index (χ0n) is 16.2. The molecule has 0 radical (unpaired) electrons. The Kier molecular flexibility index (Phi) is 6.26. The number of thiazole rings is 1. The molecule has 1 amide bonds. The Morgan fingerprint density at radius 1 is 1.48 bits per heavy atom. The van der Waals surface area contributed by atoms with E-state index in [1.54, 1.807) is 0 Å². The number of carboxylic acid groups (broad SMARTS) is 1. The van der Waals surface area contributed by atoms with Gasteiger partial charge in [0.1, 0.15) is 6.04 Å². The van der Waals surface area contributed by atoms with Crippen molar-refractivity contribution >= 4 is 33.1 Å². The number of fused-ring (bicyclic) bond motifs is 1. The van der Waals surface area contributed by atoms with Crippen LogP contribution in [0.4, 0.5) is 10.5 Å². The van der Waals surface area contributed by atoms with Gasteiger partial charge in [0.05, 0.1) is 28.6 Å². The Balaban J connectivity index is 2.20. The van der Waals surface area contributed by atoms with Crippen LogP contribution in [0.15, 0.2) is 46.6 Å². The lowest BCUT2D eigenvalue weighted by molar-refractivity contribution is -0.388. The van der Waals surface area contributed by atoms with E-state index < -0.39 is 42.5 Å². The van der Waals surface area contributed by atoms with Crippen LogP contribution in [0.5, 0.6) is 0 Å². The van der Waals surface area contributed by atoms with Gasteiger partial charge in [-0.25, -0.2) is 13.2 Å². The zero-order chi connectivity index (χ0) is 22.9. The predicted molar refractivity (Wildman–Crippen MR) is 109 cm³/mol. The minimum Gasteiger partial charge on any atom is -0.465 e. The van der Waals surface area contributed by atoms with Gasteiger partial charge in [0.25, 0.3) is 15.7 Å². The van der Waals surface area contributed by atoms with E-state index in [1.807, 2.05) is 0 Å². The van der Waals surface area contributed by atoms with Crippen LogP contribution in [0.1, 0.15) is 16.6 Å². The van der Waals surface area contributed by atoms with Gasteiger partial charge in [-0.2, -0.15) is 0 Å². The summed E-state index contributed by atoms with van der Waals surface area (Å²) >= 11 is 0.764. The third kappa shape index (κ3) is 4.10. The Labute approximate surface area is 180 Å². The summed E-state index contributed by atoms with van der Waals surface area (Å²) < 4.78 is 28.7. The maximum atomic E-state index is 13.5. The summed E-state index contributed by atoms with van der Waals surface area (Å²) in [6.07, 6.45) is -0.0466. The molecule has 0 bridgehead atoms. The molecule has 1 aromatic heterocycles. The topological polar surface area (TPSA) is 152 Å². The highest BCUT2D eigenvalue weighted by molar-refractivity contribution is 7.89. The molecule has 1 N–H and O–H groups in total. The Hall–Kier alpha value is -3.07. The van der Waals surface area contributed by atoms with Gasteiger partial charge in [0, 0.05) is 19.7 Å². The van der Waals surface area contributed by atoms with E-state index in [4.69, 9.17) is 4.84 Å². The van der Waals surface area contributed by atoms with Gasteiger partial charge in [-0.1, -0.05) is 34.0 Å². The molecule has 14 heteroatoms. The molecule has 2 aromatic rings. The lowest BCUT2D eigenvalue weighted by Gasteiger charge is -2.36. The fourth-order valence-corrected chi connectivity index (χ4v) is 5.85. The van der Waals surface area contributed by atoms with Crippen LogP contribution in [-0.2, 0) is 28.5 Å². The smallest absolute Gasteiger partial charge is 0.407 e. The number of nitro groups is 1. The van der Waals surface area contributed by atoms with Crippen molar-refractivity contribution in [3.8, 4) is 0 Å². The number of amides is 1. The summed E-state index contributed by atoms with van der Waals surface area (Å²) in [5.74, 6) is 0. The number of nitrogens with zero attached hydrogens (tertiary/aromatic N) is 4. The molecule has 0 aliphatic carbocycles. The molecule has 0 fully saturated rings.